The summed E-state index contributed by atoms with van der Waals surface area (Å²) in [7, 11) is -3.83. The van der Waals surface area contributed by atoms with E-state index in [4.69, 9.17) is 10.5 Å². The molecule has 28 heavy (non-hydrogen) atoms. The number of sulfonamides is 1. The van der Waals surface area contributed by atoms with Crippen molar-refractivity contribution in [1.29, 1.82) is 0 Å². The number of carbonyl (C=O) groups excluding carboxylic acids is 2. The number of anilines is 1. The van der Waals surface area contributed by atoms with Gasteiger partial charge in [-0.1, -0.05) is 18.2 Å². The molecule has 0 heterocycles. The summed E-state index contributed by atoms with van der Waals surface area (Å²) < 4.78 is 33.1. The molecule has 0 aliphatic carbocycles. The van der Waals surface area contributed by atoms with Crippen molar-refractivity contribution in [2.45, 2.75) is 31.2 Å². The van der Waals surface area contributed by atoms with Gasteiger partial charge in [-0.15, -0.1) is 0 Å². The largest absolute Gasteiger partial charge is 0.484 e. The van der Waals surface area contributed by atoms with Gasteiger partial charge in [0.15, 0.2) is 6.61 Å². The van der Waals surface area contributed by atoms with E-state index in [-0.39, 0.29) is 22.8 Å². The van der Waals surface area contributed by atoms with E-state index in [1.807, 2.05) is 0 Å². The molecule has 0 unspecified atom stereocenters. The number of primary amides is 1. The highest BCUT2D eigenvalue weighted by molar-refractivity contribution is 7.89. The third-order valence-corrected chi connectivity index (χ3v) is 5.20. The number of hydrogen-bond donors (Lipinski definition) is 3. The lowest BCUT2D eigenvalue weighted by molar-refractivity contribution is -0.118. The van der Waals surface area contributed by atoms with Gasteiger partial charge in [-0.25, -0.2) is 13.1 Å². The minimum atomic E-state index is -3.83. The Morgan fingerprint density at radius 2 is 1.75 bits per heavy atom. The Morgan fingerprint density at radius 1 is 1.07 bits per heavy atom. The molecule has 0 aliphatic heterocycles. The van der Waals surface area contributed by atoms with E-state index in [1.54, 1.807) is 45.0 Å². The van der Waals surface area contributed by atoms with Crippen molar-refractivity contribution in [3.05, 3.63) is 54.1 Å². The van der Waals surface area contributed by atoms with Gasteiger partial charge < -0.3 is 15.8 Å². The van der Waals surface area contributed by atoms with Crippen molar-refractivity contribution < 1.29 is 22.7 Å². The summed E-state index contributed by atoms with van der Waals surface area (Å²) in [6.45, 7) is 4.79. The standard InChI is InChI=1S/C19H23N3O5S/c1-19(2,3)22-28(25,26)16-10-5-4-9-15(16)21-17(23)12-27-14-8-6-7-13(11-14)18(20)24/h4-11,22H,12H2,1-3H3,(H2,20,24)(H,21,23). The van der Waals surface area contributed by atoms with E-state index < -0.39 is 27.4 Å². The van der Waals surface area contributed by atoms with Crippen molar-refractivity contribution >= 4 is 27.5 Å². The van der Waals surface area contributed by atoms with Crippen molar-refractivity contribution in [3.63, 3.8) is 0 Å². The van der Waals surface area contributed by atoms with Crippen LogP contribution in [0.3, 0.4) is 0 Å². The van der Waals surface area contributed by atoms with E-state index in [0.29, 0.717) is 5.75 Å². The molecule has 0 spiro atoms. The van der Waals surface area contributed by atoms with Gasteiger partial charge in [0, 0.05) is 11.1 Å². The van der Waals surface area contributed by atoms with Crippen LogP contribution in [0, 0.1) is 0 Å². The van der Waals surface area contributed by atoms with Crippen LogP contribution in [0.2, 0.25) is 0 Å². The van der Waals surface area contributed by atoms with E-state index in [9.17, 15) is 18.0 Å². The third kappa shape index (κ3) is 6.07. The van der Waals surface area contributed by atoms with Crippen LogP contribution in [-0.4, -0.2) is 32.4 Å². The Bertz CT molecular complexity index is 981. The number of ether oxygens (including phenoxy) is 1. The predicted molar refractivity (Wildman–Crippen MR) is 106 cm³/mol. The second-order valence-electron chi connectivity index (χ2n) is 7.08. The lowest BCUT2D eigenvalue weighted by Crippen LogP contribution is -2.40. The Hall–Kier alpha value is -2.91. The monoisotopic (exact) mass is 405 g/mol. The summed E-state index contributed by atoms with van der Waals surface area (Å²) in [6.07, 6.45) is 0. The number of carbonyl (C=O) groups is 2. The van der Waals surface area contributed by atoms with Crippen molar-refractivity contribution in [3.8, 4) is 5.75 Å². The van der Waals surface area contributed by atoms with Crippen LogP contribution in [0.15, 0.2) is 53.4 Å². The predicted octanol–water partition coefficient (Wildman–Crippen LogP) is 1.88. The lowest BCUT2D eigenvalue weighted by atomic mass is 10.1. The Labute approximate surface area is 164 Å². The molecule has 2 amide bonds. The van der Waals surface area contributed by atoms with E-state index >= 15 is 0 Å². The zero-order valence-corrected chi connectivity index (χ0v) is 16.7. The van der Waals surface area contributed by atoms with E-state index in [0.717, 1.165) is 0 Å². The first-order valence-electron chi connectivity index (χ1n) is 8.43. The molecule has 0 saturated heterocycles. The average Bonchev–Trinajstić information content (AvgIpc) is 2.58. The fraction of sp³-hybridized carbons (Fsp3) is 0.263. The summed E-state index contributed by atoms with van der Waals surface area (Å²) >= 11 is 0. The van der Waals surface area contributed by atoms with E-state index in [1.165, 1.54) is 24.3 Å². The maximum absolute atomic E-state index is 12.6. The Morgan fingerprint density at radius 3 is 2.39 bits per heavy atom. The minimum Gasteiger partial charge on any atom is -0.484 e. The fourth-order valence-electron chi connectivity index (χ4n) is 2.34. The molecule has 9 heteroatoms. The summed E-state index contributed by atoms with van der Waals surface area (Å²) in [5.74, 6) is -0.870. The highest BCUT2D eigenvalue weighted by Gasteiger charge is 2.25. The minimum absolute atomic E-state index is 0.0472. The quantitative estimate of drug-likeness (QED) is 0.648. The smallest absolute Gasteiger partial charge is 0.262 e. The molecule has 0 aromatic heterocycles. The Kier molecular flexibility index (Phi) is 6.42. The number of para-hydroxylation sites is 1. The van der Waals surface area contributed by atoms with E-state index in [2.05, 4.69) is 10.0 Å². The number of nitrogens with two attached hydrogens (primary N) is 1. The van der Waals surface area contributed by atoms with Gasteiger partial charge in [0.1, 0.15) is 10.6 Å². The highest BCUT2D eigenvalue weighted by atomic mass is 32.2. The molecule has 8 nitrogen and oxygen atoms in total. The molecule has 0 atom stereocenters. The molecule has 0 saturated carbocycles. The zero-order valence-electron chi connectivity index (χ0n) is 15.9. The number of amides is 2. The van der Waals surface area contributed by atoms with Gasteiger partial charge in [0.05, 0.1) is 5.69 Å². The molecular formula is C19H23N3O5S. The normalized spacial score (nSPS) is 11.7. The summed E-state index contributed by atoms with van der Waals surface area (Å²) in [5.41, 5.74) is 4.92. The van der Waals surface area contributed by atoms with Crippen LogP contribution in [0.4, 0.5) is 5.69 Å². The molecule has 0 aliphatic rings. The second kappa shape index (κ2) is 8.41. The lowest BCUT2D eigenvalue weighted by Gasteiger charge is -2.21. The van der Waals surface area contributed by atoms with Gasteiger partial charge in [0.2, 0.25) is 15.9 Å². The van der Waals surface area contributed by atoms with Crippen LogP contribution in [0.1, 0.15) is 31.1 Å². The van der Waals surface area contributed by atoms with Crippen molar-refractivity contribution in [1.82, 2.24) is 4.72 Å². The van der Waals surface area contributed by atoms with Gasteiger partial charge in [-0.3, -0.25) is 9.59 Å². The number of rotatable bonds is 7. The molecule has 2 aromatic carbocycles. The van der Waals surface area contributed by atoms with Gasteiger partial charge >= 0.3 is 0 Å². The van der Waals surface area contributed by atoms with Crippen LogP contribution in [0.5, 0.6) is 5.75 Å². The summed E-state index contributed by atoms with van der Waals surface area (Å²) in [5, 5.41) is 2.54. The molecule has 2 rings (SSSR count). The van der Waals surface area contributed by atoms with Crippen molar-refractivity contribution in [2.24, 2.45) is 5.73 Å². The van der Waals surface area contributed by atoms with Gasteiger partial charge in [-0.2, -0.15) is 0 Å². The van der Waals surface area contributed by atoms with Crippen LogP contribution >= 0.6 is 0 Å². The molecule has 4 N–H and O–H groups in total. The first-order valence-corrected chi connectivity index (χ1v) is 9.92. The molecule has 150 valence electrons. The topological polar surface area (TPSA) is 128 Å². The summed E-state index contributed by atoms with van der Waals surface area (Å²) in [4.78, 5) is 23.4. The molecular weight excluding hydrogens is 382 g/mol. The maximum atomic E-state index is 12.6. The van der Waals surface area contributed by atoms with Crippen LogP contribution in [-0.2, 0) is 14.8 Å². The number of benzene rings is 2. The van der Waals surface area contributed by atoms with Crippen LogP contribution in [0.25, 0.3) is 0 Å². The fourth-order valence-corrected chi connectivity index (χ4v) is 3.92. The van der Waals surface area contributed by atoms with Crippen LogP contribution < -0.4 is 20.5 Å². The molecule has 0 radical (unpaired) electrons. The van der Waals surface area contributed by atoms with Crippen molar-refractivity contribution in [2.75, 3.05) is 11.9 Å². The SMILES string of the molecule is CC(C)(C)NS(=O)(=O)c1ccccc1NC(=O)COc1cccc(C(N)=O)c1. The number of nitrogens with one attached hydrogen (secondary N) is 2. The zero-order chi connectivity index (χ0) is 20.9. The Balaban J connectivity index is 2.11. The molecule has 2 aromatic rings. The first-order chi connectivity index (χ1) is 13.0. The highest BCUT2D eigenvalue weighted by Crippen LogP contribution is 2.22. The summed E-state index contributed by atoms with van der Waals surface area (Å²) in [6, 6.07) is 12.2. The first kappa shape index (κ1) is 21.4. The second-order valence-corrected chi connectivity index (χ2v) is 8.73. The number of hydrogen-bond acceptors (Lipinski definition) is 5. The third-order valence-electron chi connectivity index (χ3n) is 3.38. The molecule has 0 bridgehead atoms. The maximum Gasteiger partial charge on any atom is 0.262 e. The van der Waals surface area contributed by atoms with Gasteiger partial charge in [-0.05, 0) is 51.1 Å². The molecule has 0 fully saturated rings. The average molecular weight is 405 g/mol. The van der Waals surface area contributed by atoms with Gasteiger partial charge in [0.25, 0.3) is 5.91 Å².